The second kappa shape index (κ2) is 7.62. The number of rotatable bonds is 6. The summed E-state index contributed by atoms with van der Waals surface area (Å²) in [5.74, 6) is -2.23. The molecule has 1 heterocycles. The maximum absolute atomic E-state index is 12.2. The number of carbonyl (C=O) groups excluding carboxylic acids is 2. The summed E-state index contributed by atoms with van der Waals surface area (Å²) >= 11 is 0. The average molecular weight is 369 g/mol. The zero-order chi connectivity index (χ0) is 18.6. The van der Waals surface area contributed by atoms with Gasteiger partial charge in [0, 0.05) is 24.6 Å². The first-order valence-electron chi connectivity index (χ1n) is 7.50. The van der Waals surface area contributed by atoms with Gasteiger partial charge in [-0.3, -0.25) is 9.59 Å². The van der Waals surface area contributed by atoms with E-state index in [1.165, 1.54) is 0 Å². The summed E-state index contributed by atoms with van der Waals surface area (Å²) < 4.78 is 24.2. The number of carboxylic acid groups (broad SMARTS) is 1. The molecule has 10 heteroatoms. The highest BCUT2D eigenvalue weighted by atomic mass is 32.2. The molecule has 1 aromatic rings. The predicted molar refractivity (Wildman–Crippen MR) is 88.3 cm³/mol. The van der Waals surface area contributed by atoms with Crippen LogP contribution in [0.3, 0.4) is 0 Å². The Morgan fingerprint density at radius 3 is 2.44 bits per heavy atom. The van der Waals surface area contributed by atoms with Gasteiger partial charge in [0.2, 0.25) is 15.9 Å². The topological polar surface area (TPSA) is 133 Å². The van der Waals surface area contributed by atoms with E-state index in [1.54, 1.807) is 30.3 Å². The van der Waals surface area contributed by atoms with E-state index >= 15 is 0 Å². The van der Waals surface area contributed by atoms with Crippen LogP contribution in [0, 0.1) is 0 Å². The largest absolute Gasteiger partial charge is 0.480 e. The first-order valence-corrected chi connectivity index (χ1v) is 9.39. The smallest absolute Gasteiger partial charge is 0.326 e. The molecule has 0 radical (unpaired) electrons. The Kier molecular flexibility index (Phi) is 5.75. The predicted octanol–water partition coefficient (Wildman–Crippen LogP) is -0.980. The van der Waals surface area contributed by atoms with E-state index in [0.29, 0.717) is 5.56 Å². The molecule has 1 fully saturated rings. The Balaban J connectivity index is 2.03. The SMILES string of the molecule is CS(=O)(=O)NCC(=O)N1CC(NC(=O)c2ccccc2)CC1C(=O)O. The summed E-state index contributed by atoms with van der Waals surface area (Å²) in [5.41, 5.74) is 0.429. The zero-order valence-electron chi connectivity index (χ0n) is 13.5. The summed E-state index contributed by atoms with van der Waals surface area (Å²) in [6.45, 7) is -0.526. The average Bonchev–Trinajstić information content (AvgIpc) is 2.97. The van der Waals surface area contributed by atoms with Crippen LogP contribution in [0.15, 0.2) is 30.3 Å². The molecular weight excluding hydrogens is 350 g/mol. The standard InChI is InChI=1S/C15H19N3O6S/c1-25(23,24)16-8-13(19)18-9-11(7-12(18)15(21)22)17-14(20)10-5-3-2-4-6-10/h2-6,11-12,16H,7-9H2,1H3,(H,17,20)(H,21,22). The molecule has 136 valence electrons. The number of benzene rings is 1. The molecule has 0 saturated carbocycles. The monoisotopic (exact) mass is 369 g/mol. The first-order chi connectivity index (χ1) is 11.7. The Bertz CT molecular complexity index is 765. The van der Waals surface area contributed by atoms with Gasteiger partial charge < -0.3 is 15.3 Å². The molecule has 3 N–H and O–H groups in total. The van der Waals surface area contributed by atoms with Crippen LogP contribution in [0.1, 0.15) is 16.8 Å². The number of amides is 2. The van der Waals surface area contributed by atoms with Crippen molar-refractivity contribution in [1.82, 2.24) is 14.9 Å². The maximum atomic E-state index is 12.2. The van der Waals surface area contributed by atoms with E-state index in [4.69, 9.17) is 0 Å². The van der Waals surface area contributed by atoms with Crippen LogP contribution in [0.4, 0.5) is 0 Å². The number of hydrogen-bond donors (Lipinski definition) is 3. The van der Waals surface area contributed by atoms with Gasteiger partial charge in [0.05, 0.1) is 12.8 Å². The van der Waals surface area contributed by atoms with Crippen LogP contribution >= 0.6 is 0 Å². The third kappa shape index (κ3) is 5.26. The fourth-order valence-corrected chi connectivity index (χ4v) is 2.99. The molecule has 2 unspecified atom stereocenters. The van der Waals surface area contributed by atoms with Crippen molar-refractivity contribution in [3.63, 3.8) is 0 Å². The Hall–Kier alpha value is -2.46. The lowest BCUT2D eigenvalue weighted by atomic mass is 10.1. The minimum absolute atomic E-state index is 0.000183. The molecule has 2 amide bonds. The minimum atomic E-state index is -3.57. The number of aliphatic carboxylic acids is 1. The van der Waals surface area contributed by atoms with Crippen LogP contribution < -0.4 is 10.0 Å². The van der Waals surface area contributed by atoms with E-state index in [1.807, 2.05) is 4.72 Å². The summed E-state index contributed by atoms with van der Waals surface area (Å²) in [5, 5.41) is 12.0. The highest BCUT2D eigenvalue weighted by Gasteiger charge is 2.40. The number of carbonyl (C=O) groups is 3. The molecule has 1 saturated heterocycles. The van der Waals surface area contributed by atoms with Crippen molar-refractivity contribution in [3.05, 3.63) is 35.9 Å². The Labute approximate surface area is 145 Å². The van der Waals surface area contributed by atoms with Gasteiger partial charge in [-0.05, 0) is 12.1 Å². The molecule has 0 aromatic heterocycles. The molecular formula is C15H19N3O6S. The molecule has 1 aromatic carbocycles. The minimum Gasteiger partial charge on any atom is -0.480 e. The molecule has 2 rings (SSSR count). The van der Waals surface area contributed by atoms with E-state index in [2.05, 4.69) is 5.32 Å². The van der Waals surface area contributed by atoms with Gasteiger partial charge in [-0.2, -0.15) is 0 Å². The molecule has 2 atom stereocenters. The second-order valence-electron chi connectivity index (χ2n) is 5.77. The van der Waals surface area contributed by atoms with Crippen LogP contribution in [0.2, 0.25) is 0 Å². The summed E-state index contributed by atoms with van der Waals surface area (Å²) in [6, 6.07) is 6.77. The third-order valence-electron chi connectivity index (χ3n) is 3.76. The number of nitrogens with one attached hydrogen (secondary N) is 2. The maximum Gasteiger partial charge on any atom is 0.326 e. The Morgan fingerprint density at radius 1 is 1.24 bits per heavy atom. The number of nitrogens with zero attached hydrogens (tertiary/aromatic N) is 1. The van der Waals surface area contributed by atoms with E-state index in [-0.39, 0.29) is 18.9 Å². The van der Waals surface area contributed by atoms with Crippen molar-refractivity contribution in [3.8, 4) is 0 Å². The van der Waals surface area contributed by atoms with Crippen molar-refractivity contribution in [2.24, 2.45) is 0 Å². The van der Waals surface area contributed by atoms with Gasteiger partial charge in [-0.1, -0.05) is 18.2 Å². The quantitative estimate of drug-likeness (QED) is 0.590. The normalized spacial score (nSPS) is 20.3. The summed E-state index contributed by atoms with van der Waals surface area (Å²) in [7, 11) is -3.57. The molecule has 25 heavy (non-hydrogen) atoms. The van der Waals surface area contributed by atoms with E-state index in [9.17, 15) is 27.9 Å². The fraction of sp³-hybridized carbons (Fsp3) is 0.400. The molecule has 1 aliphatic heterocycles. The van der Waals surface area contributed by atoms with Gasteiger partial charge in [0.25, 0.3) is 5.91 Å². The summed E-state index contributed by atoms with van der Waals surface area (Å²) in [6.07, 6.45) is 0.959. The number of carboxylic acids is 1. The van der Waals surface area contributed by atoms with Gasteiger partial charge >= 0.3 is 5.97 Å². The van der Waals surface area contributed by atoms with Crippen LogP contribution in [-0.4, -0.2) is 67.6 Å². The molecule has 0 bridgehead atoms. The fourth-order valence-electron chi connectivity index (χ4n) is 2.60. The zero-order valence-corrected chi connectivity index (χ0v) is 14.3. The van der Waals surface area contributed by atoms with Crippen LogP contribution in [0.25, 0.3) is 0 Å². The number of hydrogen-bond acceptors (Lipinski definition) is 5. The molecule has 0 aliphatic carbocycles. The van der Waals surface area contributed by atoms with E-state index < -0.39 is 40.5 Å². The third-order valence-corrected chi connectivity index (χ3v) is 4.43. The molecule has 0 spiro atoms. The van der Waals surface area contributed by atoms with Crippen molar-refractivity contribution >= 4 is 27.8 Å². The van der Waals surface area contributed by atoms with Gasteiger partial charge in [0.1, 0.15) is 6.04 Å². The van der Waals surface area contributed by atoms with Crippen molar-refractivity contribution < 1.29 is 27.9 Å². The Morgan fingerprint density at radius 2 is 1.88 bits per heavy atom. The van der Waals surface area contributed by atoms with Gasteiger partial charge in [-0.15, -0.1) is 0 Å². The lowest BCUT2D eigenvalue weighted by Gasteiger charge is -2.21. The van der Waals surface area contributed by atoms with Crippen LogP contribution in [0.5, 0.6) is 0 Å². The number of sulfonamides is 1. The van der Waals surface area contributed by atoms with Gasteiger partial charge in [-0.25, -0.2) is 17.9 Å². The number of likely N-dealkylation sites (tertiary alicyclic amines) is 1. The highest BCUT2D eigenvalue weighted by molar-refractivity contribution is 7.88. The van der Waals surface area contributed by atoms with Crippen LogP contribution in [-0.2, 0) is 19.6 Å². The van der Waals surface area contributed by atoms with Crippen molar-refractivity contribution in [1.29, 1.82) is 0 Å². The molecule has 9 nitrogen and oxygen atoms in total. The lowest BCUT2D eigenvalue weighted by Crippen LogP contribution is -2.46. The van der Waals surface area contributed by atoms with Gasteiger partial charge in [0.15, 0.2) is 0 Å². The summed E-state index contributed by atoms with van der Waals surface area (Å²) in [4.78, 5) is 36.7. The van der Waals surface area contributed by atoms with E-state index in [0.717, 1.165) is 11.2 Å². The first kappa shape index (κ1) is 18.9. The van der Waals surface area contributed by atoms with Crippen molar-refractivity contribution in [2.75, 3.05) is 19.3 Å². The second-order valence-corrected chi connectivity index (χ2v) is 7.60. The lowest BCUT2D eigenvalue weighted by molar-refractivity contribution is -0.147. The molecule has 1 aliphatic rings. The highest BCUT2D eigenvalue weighted by Crippen LogP contribution is 2.19. The van der Waals surface area contributed by atoms with Crippen molar-refractivity contribution in [2.45, 2.75) is 18.5 Å².